The third-order valence-corrected chi connectivity index (χ3v) is 5.27. The fourth-order valence-electron chi connectivity index (χ4n) is 2.80. The van der Waals surface area contributed by atoms with Crippen molar-refractivity contribution in [2.45, 2.75) is 16.6 Å². The van der Waals surface area contributed by atoms with Crippen LogP contribution in [0.1, 0.15) is 5.56 Å². The lowest BCUT2D eigenvalue weighted by molar-refractivity contribution is -0.201. The van der Waals surface area contributed by atoms with Crippen molar-refractivity contribution in [3.8, 4) is 17.2 Å². The summed E-state index contributed by atoms with van der Waals surface area (Å²) in [5, 5.41) is 17.1. The molecule has 31 heavy (non-hydrogen) atoms. The molecule has 2 rings (SSSR count). The van der Waals surface area contributed by atoms with Crippen LogP contribution in [0.2, 0.25) is 0 Å². The summed E-state index contributed by atoms with van der Waals surface area (Å²) < 4.78 is 80.2. The lowest BCUT2D eigenvalue weighted by atomic mass is 9.87. The number of sulfonamides is 1. The van der Waals surface area contributed by atoms with E-state index in [0.717, 1.165) is 57.7 Å². The average molecular weight is 464 g/mol. The summed E-state index contributed by atoms with van der Waals surface area (Å²) in [7, 11) is -1.12. The Morgan fingerprint density at radius 1 is 1.03 bits per heavy atom. The van der Waals surface area contributed by atoms with Crippen LogP contribution in [-0.2, 0) is 25.1 Å². The fourth-order valence-corrected chi connectivity index (χ4v) is 3.31. The first-order valence-electron chi connectivity index (χ1n) is 8.33. The largest absolute Gasteiger partial charge is 0.502 e. The van der Waals surface area contributed by atoms with Gasteiger partial charge in [0.15, 0.2) is 11.5 Å². The predicted molar refractivity (Wildman–Crippen MR) is 102 cm³/mol. The van der Waals surface area contributed by atoms with E-state index >= 15 is 0 Å². The van der Waals surface area contributed by atoms with Crippen LogP contribution in [0.4, 0.5) is 18.9 Å². The number of nitrogens with two attached hydrogens (primary N) is 1. The van der Waals surface area contributed by atoms with Crippen molar-refractivity contribution in [1.82, 2.24) is 0 Å². The highest BCUT2D eigenvalue weighted by Crippen LogP contribution is 2.47. The molecule has 1 atom stereocenters. The normalized spacial score (nSPS) is 13.8. The Morgan fingerprint density at radius 2 is 1.52 bits per heavy atom. The molecule has 13 heteroatoms. The second kappa shape index (κ2) is 8.51. The predicted octanol–water partition coefficient (Wildman–Crippen LogP) is 2.10. The number of primary sulfonamides is 1. The maximum absolute atomic E-state index is 14.4. The number of rotatable bonds is 7. The third kappa shape index (κ3) is 4.46. The second-order valence-corrected chi connectivity index (χ2v) is 7.72. The van der Waals surface area contributed by atoms with Gasteiger partial charge in [-0.3, -0.25) is 0 Å². The molecule has 170 valence electrons. The summed E-state index contributed by atoms with van der Waals surface area (Å²) >= 11 is 0. The molecule has 0 radical (unpaired) electrons. The van der Waals surface area contributed by atoms with Crippen LogP contribution in [0.3, 0.4) is 0 Å². The zero-order valence-electron chi connectivity index (χ0n) is 16.5. The van der Waals surface area contributed by atoms with Gasteiger partial charge in [0.2, 0.25) is 15.8 Å². The summed E-state index contributed by atoms with van der Waals surface area (Å²) in [5.74, 6) is -3.09. The van der Waals surface area contributed by atoms with Gasteiger partial charge in [-0.2, -0.15) is 13.2 Å². The third-order valence-electron chi connectivity index (χ3n) is 4.34. The standard InChI is InChI=1S/C18H19F3N2O7S/c1-28-13-8-10(9-14(29-2)15(13)24)17(16(25)30-3,18(19,20)21)23-11-4-6-12(7-5-11)31(22,26)27/h4-9,23-24H,1-3H3,(H2,22,26,27)/t17-/m1/s1. The van der Waals surface area contributed by atoms with Crippen molar-refractivity contribution in [3.05, 3.63) is 42.0 Å². The molecule has 0 spiro atoms. The monoisotopic (exact) mass is 464 g/mol. The van der Waals surface area contributed by atoms with Gasteiger partial charge in [-0.05, 0) is 36.4 Å². The molecular formula is C18H19F3N2O7S. The number of esters is 1. The van der Waals surface area contributed by atoms with Gasteiger partial charge in [-0.25, -0.2) is 18.4 Å². The van der Waals surface area contributed by atoms with Crippen molar-refractivity contribution >= 4 is 21.7 Å². The molecule has 0 bridgehead atoms. The molecule has 9 nitrogen and oxygen atoms in total. The number of carbonyl (C=O) groups excluding carboxylic acids is 1. The number of nitrogens with one attached hydrogen (secondary N) is 1. The first-order valence-corrected chi connectivity index (χ1v) is 9.88. The summed E-state index contributed by atoms with van der Waals surface area (Å²) in [5.41, 5.74) is -4.46. The number of carbonyl (C=O) groups is 1. The van der Waals surface area contributed by atoms with Gasteiger partial charge < -0.3 is 24.6 Å². The lowest BCUT2D eigenvalue weighted by Gasteiger charge is -2.35. The van der Waals surface area contributed by atoms with Gasteiger partial charge in [0.25, 0.3) is 5.54 Å². The van der Waals surface area contributed by atoms with E-state index in [4.69, 9.17) is 14.6 Å². The van der Waals surface area contributed by atoms with Crippen LogP contribution in [0, 0.1) is 0 Å². The first-order chi connectivity index (χ1) is 14.3. The number of ether oxygens (including phenoxy) is 3. The van der Waals surface area contributed by atoms with E-state index in [1.165, 1.54) is 0 Å². The Morgan fingerprint density at radius 3 is 1.87 bits per heavy atom. The van der Waals surface area contributed by atoms with E-state index < -0.39 is 50.5 Å². The van der Waals surface area contributed by atoms with Gasteiger partial charge in [-0.15, -0.1) is 0 Å². The van der Waals surface area contributed by atoms with E-state index in [9.17, 15) is 31.5 Å². The van der Waals surface area contributed by atoms with E-state index in [-0.39, 0.29) is 10.6 Å². The SMILES string of the molecule is COC(=O)[C@](Nc1ccc(S(N)(=O)=O)cc1)(c1cc(OC)c(O)c(OC)c1)C(F)(F)F. The molecule has 0 aliphatic rings. The number of methoxy groups -OCH3 is 3. The van der Waals surface area contributed by atoms with Crippen LogP contribution in [0.25, 0.3) is 0 Å². The Bertz CT molecular complexity index is 1050. The second-order valence-electron chi connectivity index (χ2n) is 6.16. The number of alkyl halides is 3. The first kappa shape index (κ1) is 24.1. The molecule has 0 fully saturated rings. The molecule has 0 aliphatic heterocycles. The summed E-state index contributed by atoms with van der Waals surface area (Å²) in [6.45, 7) is 0. The fraction of sp³-hybridized carbons (Fsp3) is 0.278. The van der Waals surface area contributed by atoms with E-state index in [1.807, 2.05) is 0 Å². The molecule has 0 unspecified atom stereocenters. The van der Waals surface area contributed by atoms with E-state index in [1.54, 1.807) is 0 Å². The quantitative estimate of drug-likeness (QED) is 0.530. The maximum atomic E-state index is 14.4. The molecule has 4 N–H and O–H groups in total. The molecule has 0 saturated heterocycles. The minimum atomic E-state index is -5.27. The van der Waals surface area contributed by atoms with Crippen molar-refractivity contribution < 1.29 is 45.7 Å². The molecule has 0 heterocycles. The average Bonchev–Trinajstić information content (AvgIpc) is 2.70. The Hall–Kier alpha value is -3.19. The van der Waals surface area contributed by atoms with Crippen molar-refractivity contribution in [1.29, 1.82) is 0 Å². The van der Waals surface area contributed by atoms with Crippen LogP contribution < -0.4 is 19.9 Å². The van der Waals surface area contributed by atoms with Gasteiger partial charge in [0.1, 0.15) is 0 Å². The molecule has 0 aliphatic carbocycles. The maximum Gasteiger partial charge on any atom is 0.426 e. The van der Waals surface area contributed by atoms with E-state index in [0.29, 0.717) is 0 Å². The van der Waals surface area contributed by atoms with Gasteiger partial charge in [-0.1, -0.05) is 0 Å². The highest BCUT2D eigenvalue weighted by atomic mass is 32.2. The molecular weight excluding hydrogens is 445 g/mol. The lowest BCUT2D eigenvalue weighted by Crippen LogP contribution is -2.55. The van der Waals surface area contributed by atoms with E-state index in [2.05, 4.69) is 10.1 Å². The number of benzene rings is 2. The molecule has 0 amide bonds. The van der Waals surface area contributed by atoms with Crippen molar-refractivity contribution in [2.24, 2.45) is 5.14 Å². The van der Waals surface area contributed by atoms with Crippen molar-refractivity contribution in [2.75, 3.05) is 26.6 Å². The summed E-state index contributed by atoms with van der Waals surface area (Å²) in [6.07, 6.45) is -5.27. The zero-order valence-corrected chi connectivity index (χ0v) is 17.3. The number of hydrogen-bond acceptors (Lipinski definition) is 8. The summed E-state index contributed by atoms with van der Waals surface area (Å²) in [4.78, 5) is 12.2. The minimum Gasteiger partial charge on any atom is -0.502 e. The summed E-state index contributed by atoms with van der Waals surface area (Å²) in [6, 6.07) is 5.53. The zero-order chi connectivity index (χ0) is 23.6. The van der Waals surface area contributed by atoms with Crippen molar-refractivity contribution in [3.63, 3.8) is 0 Å². The number of aromatic hydroxyl groups is 1. The smallest absolute Gasteiger partial charge is 0.426 e. The minimum absolute atomic E-state index is 0.277. The van der Waals surface area contributed by atoms with Gasteiger partial charge >= 0.3 is 12.1 Å². The Kier molecular flexibility index (Phi) is 6.61. The number of phenols is 1. The molecule has 0 aromatic heterocycles. The Labute approximate surface area is 175 Å². The van der Waals surface area contributed by atoms with Crippen LogP contribution in [0.5, 0.6) is 17.2 Å². The molecule has 2 aromatic carbocycles. The highest BCUT2D eigenvalue weighted by molar-refractivity contribution is 7.89. The molecule has 2 aromatic rings. The number of hydrogen-bond donors (Lipinski definition) is 3. The Balaban J connectivity index is 2.78. The van der Waals surface area contributed by atoms with Crippen LogP contribution in [0.15, 0.2) is 41.3 Å². The number of anilines is 1. The number of phenolic OH excluding ortho intramolecular Hbond substituents is 1. The van der Waals surface area contributed by atoms with Gasteiger partial charge in [0.05, 0.1) is 26.2 Å². The highest BCUT2D eigenvalue weighted by Gasteiger charge is 2.63. The van der Waals surface area contributed by atoms with Crippen LogP contribution >= 0.6 is 0 Å². The van der Waals surface area contributed by atoms with Gasteiger partial charge in [0, 0.05) is 11.3 Å². The molecule has 0 saturated carbocycles. The van der Waals surface area contributed by atoms with Crippen LogP contribution in [-0.4, -0.2) is 47.0 Å². The number of halogens is 3. The topological polar surface area (TPSA) is 137 Å².